The van der Waals surface area contributed by atoms with Crippen LogP contribution in [0.3, 0.4) is 0 Å². The van der Waals surface area contributed by atoms with Gasteiger partial charge in [0.05, 0.1) is 17.4 Å². The first-order valence-corrected chi connectivity index (χ1v) is 12.0. The average Bonchev–Trinajstić information content (AvgIpc) is 3.36. The number of nitrogens with one attached hydrogen (secondary N) is 2. The minimum Gasteiger partial charge on any atom is -0.454 e. The van der Waals surface area contributed by atoms with Crippen molar-refractivity contribution in [3.05, 3.63) is 42.0 Å². The summed E-state index contributed by atoms with van der Waals surface area (Å²) in [7, 11) is -3.45. The lowest BCUT2D eigenvalue weighted by molar-refractivity contribution is -0.122. The highest BCUT2D eigenvalue weighted by Crippen LogP contribution is 2.37. The molecule has 0 radical (unpaired) electrons. The molecule has 0 aliphatic carbocycles. The van der Waals surface area contributed by atoms with E-state index in [2.05, 4.69) is 10.0 Å². The third-order valence-corrected chi connectivity index (χ3v) is 6.97. The lowest BCUT2D eigenvalue weighted by Gasteiger charge is -2.18. The predicted octanol–water partition coefficient (Wildman–Crippen LogP) is 2.87. The minimum atomic E-state index is -3.45. The summed E-state index contributed by atoms with van der Waals surface area (Å²) < 4.78 is 37.5. The molecule has 0 bridgehead atoms. The van der Waals surface area contributed by atoms with Crippen LogP contribution in [-0.2, 0) is 19.6 Å². The number of amides is 2. The Bertz CT molecular complexity index is 1160. The molecule has 1 saturated heterocycles. The van der Waals surface area contributed by atoms with Crippen LogP contribution in [0, 0.1) is 12.8 Å². The summed E-state index contributed by atoms with van der Waals surface area (Å²) in [4.78, 5) is 27.0. The Kier molecular flexibility index (Phi) is 5.96. The molecule has 0 spiro atoms. The van der Waals surface area contributed by atoms with Crippen molar-refractivity contribution in [3.8, 4) is 11.5 Å². The molecule has 10 heteroatoms. The van der Waals surface area contributed by atoms with Crippen molar-refractivity contribution in [1.82, 2.24) is 0 Å². The van der Waals surface area contributed by atoms with E-state index in [9.17, 15) is 18.0 Å². The molecule has 1 unspecified atom stereocenters. The topological polar surface area (TPSA) is 114 Å². The zero-order valence-electron chi connectivity index (χ0n) is 17.9. The highest BCUT2D eigenvalue weighted by atomic mass is 32.2. The SMILES string of the molecule is CCCS(=O)(=O)Nc1cccc(NC(=O)C2CC(=O)N(c3ccc4c(c3)OCO4)C2)c1C. The van der Waals surface area contributed by atoms with E-state index >= 15 is 0 Å². The number of nitrogens with zero attached hydrogens (tertiary/aromatic N) is 1. The number of hydrogen-bond acceptors (Lipinski definition) is 6. The van der Waals surface area contributed by atoms with Crippen LogP contribution in [0.1, 0.15) is 25.3 Å². The number of carbonyl (C=O) groups excluding carboxylic acids is 2. The van der Waals surface area contributed by atoms with Crippen LogP contribution in [0.15, 0.2) is 36.4 Å². The Morgan fingerprint density at radius 3 is 2.69 bits per heavy atom. The third kappa shape index (κ3) is 4.50. The minimum absolute atomic E-state index is 0.0168. The Balaban J connectivity index is 1.46. The highest BCUT2D eigenvalue weighted by molar-refractivity contribution is 7.92. The monoisotopic (exact) mass is 459 g/mol. The third-order valence-electron chi connectivity index (χ3n) is 5.49. The molecule has 32 heavy (non-hydrogen) atoms. The van der Waals surface area contributed by atoms with Crippen LogP contribution in [0.2, 0.25) is 0 Å². The van der Waals surface area contributed by atoms with Crippen LogP contribution in [0.4, 0.5) is 17.1 Å². The van der Waals surface area contributed by atoms with Crippen LogP contribution in [0.5, 0.6) is 11.5 Å². The summed E-state index contributed by atoms with van der Waals surface area (Å²) in [5, 5.41) is 2.85. The van der Waals surface area contributed by atoms with Gasteiger partial charge < -0.3 is 19.7 Å². The average molecular weight is 460 g/mol. The fourth-order valence-corrected chi connectivity index (χ4v) is 4.99. The molecule has 0 saturated carbocycles. The highest BCUT2D eigenvalue weighted by Gasteiger charge is 2.36. The fraction of sp³-hybridized carbons (Fsp3) is 0.364. The summed E-state index contributed by atoms with van der Waals surface area (Å²) in [6.45, 7) is 3.91. The van der Waals surface area contributed by atoms with Crippen molar-refractivity contribution in [2.75, 3.05) is 34.0 Å². The van der Waals surface area contributed by atoms with Gasteiger partial charge in [-0.1, -0.05) is 13.0 Å². The Morgan fingerprint density at radius 2 is 1.91 bits per heavy atom. The number of sulfonamides is 1. The zero-order chi connectivity index (χ0) is 22.9. The molecule has 2 aliphatic heterocycles. The molecular weight excluding hydrogens is 434 g/mol. The number of rotatable bonds is 7. The molecule has 2 amide bonds. The first kappa shape index (κ1) is 21.9. The number of carbonyl (C=O) groups is 2. The number of benzene rings is 2. The largest absolute Gasteiger partial charge is 0.454 e. The molecule has 2 heterocycles. The van der Waals surface area contributed by atoms with Crippen LogP contribution in [0.25, 0.3) is 0 Å². The van der Waals surface area contributed by atoms with E-state index in [1.165, 1.54) is 0 Å². The van der Waals surface area contributed by atoms with Gasteiger partial charge >= 0.3 is 0 Å². The van der Waals surface area contributed by atoms with E-state index in [0.29, 0.717) is 40.5 Å². The first-order chi connectivity index (χ1) is 15.3. The second kappa shape index (κ2) is 8.70. The van der Waals surface area contributed by atoms with Crippen LogP contribution < -0.4 is 24.4 Å². The molecule has 4 rings (SSSR count). The zero-order valence-corrected chi connectivity index (χ0v) is 18.7. The number of ether oxygens (including phenoxy) is 2. The molecule has 2 N–H and O–H groups in total. The maximum Gasteiger partial charge on any atom is 0.232 e. The summed E-state index contributed by atoms with van der Waals surface area (Å²) in [6, 6.07) is 10.3. The van der Waals surface area contributed by atoms with E-state index in [-0.39, 0.29) is 37.3 Å². The van der Waals surface area contributed by atoms with Gasteiger partial charge in [-0.2, -0.15) is 0 Å². The van der Waals surface area contributed by atoms with E-state index in [1.807, 2.05) is 0 Å². The maximum atomic E-state index is 12.9. The van der Waals surface area contributed by atoms with Gasteiger partial charge in [0.2, 0.25) is 28.6 Å². The lowest BCUT2D eigenvalue weighted by atomic mass is 10.1. The van der Waals surface area contributed by atoms with E-state index in [0.717, 1.165) is 0 Å². The van der Waals surface area contributed by atoms with Gasteiger partial charge in [0.1, 0.15) is 0 Å². The quantitative estimate of drug-likeness (QED) is 0.658. The summed E-state index contributed by atoms with van der Waals surface area (Å²) in [5.41, 5.74) is 2.18. The smallest absolute Gasteiger partial charge is 0.232 e. The summed E-state index contributed by atoms with van der Waals surface area (Å²) in [5.74, 6) is 0.233. The first-order valence-electron chi connectivity index (χ1n) is 10.4. The summed E-state index contributed by atoms with van der Waals surface area (Å²) in [6.07, 6.45) is 0.586. The molecule has 1 fully saturated rings. The van der Waals surface area contributed by atoms with Crippen molar-refractivity contribution in [3.63, 3.8) is 0 Å². The van der Waals surface area contributed by atoms with Gasteiger partial charge in [0.25, 0.3) is 0 Å². The second-order valence-corrected chi connectivity index (χ2v) is 9.67. The number of fused-ring (bicyclic) bond motifs is 1. The van der Waals surface area contributed by atoms with E-state index < -0.39 is 15.9 Å². The van der Waals surface area contributed by atoms with Gasteiger partial charge in [-0.05, 0) is 43.2 Å². The molecular formula is C22H25N3O6S. The molecule has 2 aliphatic rings. The predicted molar refractivity (Wildman–Crippen MR) is 121 cm³/mol. The van der Waals surface area contributed by atoms with Crippen LogP contribution in [-0.4, -0.2) is 39.3 Å². The van der Waals surface area contributed by atoms with Gasteiger partial charge in [-0.3, -0.25) is 14.3 Å². The van der Waals surface area contributed by atoms with Crippen molar-refractivity contribution >= 4 is 38.9 Å². The van der Waals surface area contributed by atoms with Gasteiger partial charge in [0, 0.05) is 30.4 Å². The lowest BCUT2D eigenvalue weighted by Crippen LogP contribution is -2.28. The van der Waals surface area contributed by atoms with Crippen molar-refractivity contribution in [1.29, 1.82) is 0 Å². The Hall–Kier alpha value is -3.27. The van der Waals surface area contributed by atoms with Crippen molar-refractivity contribution in [2.45, 2.75) is 26.7 Å². The van der Waals surface area contributed by atoms with Crippen molar-refractivity contribution in [2.24, 2.45) is 5.92 Å². The normalized spacial score (nSPS) is 17.5. The number of hydrogen-bond donors (Lipinski definition) is 2. The standard InChI is InChI=1S/C22H25N3O6S/c1-3-9-32(28,29)24-18-6-4-5-17(14(18)2)23-22(27)15-10-21(26)25(12-15)16-7-8-19-20(11-16)31-13-30-19/h4-8,11,15,24H,3,9-10,12-13H2,1-2H3,(H,23,27). The van der Waals surface area contributed by atoms with Gasteiger partial charge in [-0.25, -0.2) is 8.42 Å². The maximum absolute atomic E-state index is 12.9. The fourth-order valence-electron chi connectivity index (χ4n) is 3.79. The summed E-state index contributed by atoms with van der Waals surface area (Å²) >= 11 is 0. The van der Waals surface area contributed by atoms with Crippen molar-refractivity contribution < 1.29 is 27.5 Å². The second-order valence-electron chi connectivity index (χ2n) is 7.83. The van der Waals surface area contributed by atoms with Gasteiger partial charge in [0.15, 0.2) is 11.5 Å². The van der Waals surface area contributed by atoms with Crippen LogP contribution >= 0.6 is 0 Å². The molecule has 9 nitrogen and oxygen atoms in total. The molecule has 0 aromatic heterocycles. The molecule has 2 aromatic rings. The van der Waals surface area contributed by atoms with E-state index in [1.54, 1.807) is 55.1 Å². The van der Waals surface area contributed by atoms with E-state index in [4.69, 9.17) is 9.47 Å². The van der Waals surface area contributed by atoms with Gasteiger partial charge in [-0.15, -0.1) is 0 Å². The Morgan fingerprint density at radius 1 is 1.16 bits per heavy atom. The molecule has 170 valence electrons. The Labute approximate surface area is 186 Å². The molecule has 1 atom stereocenters. The molecule has 2 aromatic carbocycles. The number of anilines is 3.